The van der Waals surface area contributed by atoms with Crippen LogP contribution in [0.2, 0.25) is 0 Å². The minimum atomic E-state index is -0.943. The second-order valence-corrected chi connectivity index (χ2v) is 4.62. The van der Waals surface area contributed by atoms with E-state index >= 15 is 0 Å². The molecule has 0 heterocycles. The Labute approximate surface area is 120 Å². The van der Waals surface area contributed by atoms with Gasteiger partial charge in [-0.05, 0) is 37.1 Å². The normalized spacial score (nSPS) is 10.0. The van der Waals surface area contributed by atoms with E-state index in [2.05, 4.69) is 5.32 Å². The van der Waals surface area contributed by atoms with Gasteiger partial charge in [0.25, 0.3) is 5.91 Å². The fourth-order valence-corrected chi connectivity index (χ4v) is 1.97. The lowest BCUT2D eigenvalue weighted by Crippen LogP contribution is -2.17. The highest BCUT2D eigenvalue weighted by Gasteiger charge is 2.20. The van der Waals surface area contributed by atoms with Gasteiger partial charge in [-0.3, -0.25) is 4.79 Å². The molecule has 0 bridgehead atoms. The van der Waals surface area contributed by atoms with Crippen molar-refractivity contribution in [2.45, 2.75) is 13.8 Å². The second kappa shape index (κ2) is 5.71. The Kier molecular flexibility index (Phi) is 3.99. The number of amides is 1. The highest BCUT2D eigenvalue weighted by molar-refractivity contribution is 6.05. The highest BCUT2D eigenvalue weighted by Crippen LogP contribution is 2.22. The van der Waals surface area contributed by atoms with Gasteiger partial charge in [0.05, 0.1) is 11.3 Å². The molecule has 0 aromatic heterocycles. The molecule has 0 saturated heterocycles. The lowest BCUT2D eigenvalue weighted by Gasteiger charge is -2.10. The lowest BCUT2D eigenvalue weighted by molar-refractivity contribution is 0.101. The number of aryl methyl sites for hydroxylation is 2. The van der Waals surface area contributed by atoms with Crippen LogP contribution in [-0.2, 0) is 0 Å². The third-order valence-electron chi connectivity index (χ3n) is 3.14. The maximum absolute atomic E-state index is 13.9. The van der Waals surface area contributed by atoms with Crippen LogP contribution in [-0.4, -0.2) is 5.91 Å². The van der Waals surface area contributed by atoms with E-state index in [0.717, 1.165) is 6.07 Å². The number of hydrogen-bond donors (Lipinski definition) is 1. The standard InChI is InChI=1S/C16H12F2N2O/c1-9-4-3-5-13(11(9)8-19)20-16(21)14-12(17)7-6-10(2)15(14)18/h3-7H,1-2H3,(H,20,21). The molecule has 0 atom stereocenters. The van der Waals surface area contributed by atoms with Crippen LogP contribution in [0.1, 0.15) is 27.0 Å². The minimum Gasteiger partial charge on any atom is -0.321 e. The van der Waals surface area contributed by atoms with Crippen molar-refractivity contribution >= 4 is 11.6 Å². The summed E-state index contributed by atoms with van der Waals surface area (Å²) in [5.41, 5.74) is 0.675. The quantitative estimate of drug-likeness (QED) is 0.915. The molecule has 0 radical (unpaired) electrons. The first-order valence-electron chi connectivity index (χ1n) is 6.21. The molecule has 0 aliphatic heterocycles. The summed E-state index contributed by atoms with van der Waals surface area (Å²) in [6.07, 6.45) is 0. The fraction of sp³-hybridized carbons (Fsp3) is 0.125. The van der Waals surface area contributed by atoms with Crippen molar-refractivity contribution in [2.24, 2.45) is 0 Å². The maximum atomic E-state index is 13.9. The van der Waals surface area contributed by atoms with Crippen LogP contribution in [0.3, 0.4) is 0 Å². The van der Waals surface area contributed by atoms with Crippen molar-refractivity contribution in [2.75, 3.05) is 5.32 Å². The first kappa shape index (κ1) is 14.7. The van der Waals surface area contributed by atoms with Gasteiger partial charge in [0.1, 0.15) is 23.3 Å². The van der Waals surface area contributed by atoms with Crippen LogP contribution >= 0.6 is 0 Å². The molecule has 1 amide bonds. The highest BCUT2D eigenvalue weighted by atomic mass is 19.1. The molecule has 2 aromatic carbocycles. The zero-order chi connectivity index (χ0) is 15.6. The number of nitrogens with one attached hydrogen (secondary N) is 1. The average Bonchev–Trinajstić information content (AvgIpc) is 2.44. The molecule has 21 heavy (non-hydrogen) atoms. The van der Waals surface area contributed by atoms with Crippen LogP contribution in [0.25, 0.3) is 0 Å². The van der Waals surface area contributed by atoms with Gasteiger partial charge in [-0.25, -0.2) is 8.78 Å². The second-order valence-electron chi connectivity index (χ2n) is 4.62. The number of nitriles is 1. The van der Waals surface area contributed by atoms with Gasteiger partial charge in [0, 0.05) is 0 Å². The minimum absolute atomic E-state index is 0.172. The molecule has 3 nitrogen and oxygen atoms in total. The van der Waals surface area contributed by atoms with Crippen molar-refractivity contribution in [3.63, 3.8) is 0 Å². The third kappa shape index (κ3) is 2.75. The van der Waals surface area contributed by atoms with Crippen LogP contribution in [0.15, 0.2) is 30.3 Å². The van der Waals surface area contributed by atoms with E-state index in [1.807, 2.05) is 6.07 Å². The number of halogens is 2. The number of carbonyl (C=O) groups excluding carboxylic acids is 1. The zero-order valence-corrected chi connectivity index (χ0v) is 11.5. The Hall–Kier alpha value is -2.74. The van der Waals surface area contributed by atoms with Gasteiger partial charge in [-0.1, -0.05) is 18.2 Å². The summed E-state index contributed by atoms with van der Waals surface area (Å²) in [4.78, 5) is 12.1. The van der Waals surface area contributed by atoms with E-state index < -0.39 is 23.1 Å². The lowest BCUT2D eigenvalue weighted by atomic mass is 10.1. The SMILES string of the molecule is Cc1ccc(F)c(C(=O)Nc2cccc(C)c2C#N)c1F. The predicted molar refractivity (Wildman–Crippen MR) is 74.9 cm³/mol. The van der Waals surface area contributed by atoms with E-state index in [1.54, 1.807) is 19.1 Å². The molecule has 1 N–H and O–H groups in total. The third-order valence-corrected chi connectivity index (χ3v) is 3.14. The number of anilines is 1. The van der Waals surface area contributed by atoms with E-state index in [0.29, 0.717) is 5.56 Å². The topological polar surface area (TPSA) is 52.9 Å². The summed E-state index contributed by atoms with van der Waals surface area (Å²) in [5.74, 6) is -2.77. The Morgan fingerprint density at radius 2 is 1.86 bits per heavy atom. The molecular weight excluding hydrogens is 274 g/mol. The van der Waals surface area contributed by atoms with Crippen LogP contribution in [0.4, 0.5) is 14.5 Å². The van der Waals surface area contributed by atoms with Gasteiger partial charge in [0.15, 0.2) is 0 Å². The van der Waals surface area contributed by atoms with Gasteiger partial charge < -0.3 is 5.32 Å². The Balaban J connectivity index is 2.43. The molecule has 106 valence electrons. The summed E-state index contributed by atoms with van der Waals surface area (Å²) >= 11 is 0. The smallest absolute Gasteiger partial charge is 0.261 e. The largest absolute Gasteiger partial charge is 0.321 e. The molecule has 0 aliphatic rings. The predicted octanol–water partition coefficient (Wildman–Crippen LogP) is 3.71. The fourth-order valence-electron chi connectivity index (χ4n) is 1.97. The molecule has 5 heteroatoms. The van der Waals surface area contributed by atoms with Crippen molar-refractivity contribution in [1.82, 2.24) is 0 Å². The van der Waals surface area contributed by atoms with Crippen molar-refractivity contribution in [3.05, 3.63) is 64.2 Å². The molecule has 2 aromatic rings. The average molecular weight is 286 g/mol. The first-order chi connectivity index (χ1) is 9.95. The van der Waals surface area contributed by atoms with E-state index in [1.165, 1.54) is 19.1 Å². The van der Waals surface area contributed by atoms with Gasteiger partial charge in [0.2, 0.25) is 0 Å². The summed E-state index contributed by atoms with van der Waals surface area (Å²) in [5, 5.41) is 11.5. The van der Waals surface area contributed by atoms with Gasteiger partial charge in [-0.2, -0.15) is 5.26 Å². The summed E-state index contributed by atoms with van der Waals surface area (Å²) < 4.78 is 27.6. The number of hydrogen-bond acceptors (Lipinski definition) is 2. The zero-order valence-electron chi connectivity index (χ0n) is 11.5. The molecule has 0 aliphatic carbocycles. The molecule has 0 saturated carbocycles. The Morgan fingerprint density at radius 3 is 2.52 bits per heavy atom. The monoisotopic (exact) mass is 286 g/mol. The summed E-state index contributed by atoms with van der Waals surface area (Å²) in [6, 6.07) is 9.12. The number of carbonyl (C=O) groups is 1. The number of benzene rings is 2. The van der Waals surface area contributed by atoms with Crippen LogP contribution in [0, 0.1) is 36.8 Å². The molecular formula is C16H12F2N2O. The Morgan fingerprint density at radius 1 is 1.14 bits per heavy atom. The van der Waals surface area contributed by atoms with Crippen molar-refractivity contribution in [1.29, 1.82) is 5.26 Å². The molecule has 2 rings (SSSR count). The van der Waals surface area contributed by atoms with E-state index in [-0.39, 0.29) is 16.8 Å². The van der Waals surface area contributed by atoms with E-state index in [9.17, 15) is 13.6 Å². The van der Waals surface area contributed by atoms with E-state index in [4.69, 9.17) is 5.26 Å². The number of nitrogens with zero attached hydrogens (tertiary/aromatic N) is 1. The van der Waals surface area contributed by atoms with Crippen LogP contribution in [0.5, 0.6) is 0 Å². The van der Waals surface area contributed by atoms with Crippen LogP contribution < -0.4 is 5.32 Å². The van der Waals surface area contributed by atoms with Gasteiger partial charge >= 0.3 is 0 Å². The van der Waals surface area contributed by atoms with Crippen molar-refractivity contribution < 1.29 is 13.6 Å². The Bertz CT molecular complexity index is 764. The van der Waals surface area contributed by atoms with Gasteiger partial charge in [-0.15, -0.1) is 0 Å². The molecule has 0 fully saturated rings. The first-order valence-corrected chi connectivity index (χ1v) is 6.21. The van der Waals surface area contributed by atoms with Crippen molar-refractivity contribution in [3.8, 4) is 6.07 Å². The summed E-state index contributed by atoms with van der Waals surface area (Å²) in [6.45, 7) is 3.15. The summed E-state index contributed by atoms with van der Waals surface area (Å²) in [7, 11) is 0. The number of rotatable bonds is 2. The molecule has 0 unspecified atom stereocenters. The maximum Gasteiger partial charge on any atom is 0.261 e. The molecule has 0 spiro atoms.